The van der Waals surface area contributed by atoms with Gasteiger partial charge < -0.3 is 10.6 Å². The number of hydrogen-bond donors (Lipinski definition) is 2. The molecule has 1 aromatic heterocycles. The Balaban J connectivity index is 1.68. The fourth-order valence-corrected chi connectivity index (χ4v) is 3.53. The van der Waals surface area contributed by atoms with Crippen LogP contribution in [0.1, 0.15) is 34.5 Å². The molecule has 0 fully saturated rings. The first-order chi connectivity index (χ1) is 12.3. The Morgan fingerprint density at radius 3 is 2.54 bits per heavy atom. The van der Waals surface area contributed by atoms with Crippen LogP contribution in [0.4, 0.5) is 5.69 Å². The lowest BCUT2D eigenvalue weighted by atomic mass is 10.2. The fraction of sp³-hybridized carbons (Fsp3) is 0.278. The van der Waals surface area contributed by atoms with Gasteiger partial charge in [-0.1, -0.05) is 33.6 Å². The number of halogens is 2. The molecule has 2 N–H and O–H groups in total. The number of ketones is 1. The molecule has 0 aliphatic carbocycles. The Hall–Kier alpha value is -1.70. The van der Waals surface area contributed by atoms with Crippen LogP contribution in [-0.2, 0) is 9.59 Å². The first kappa shape index (κ1) is 20.6. The molecule has 0 radical (unpaired) electrons. The first-order valence-electron chi connectivity index (χ1n) is 7.96. The van der Waals surface area contributed by atoms with E-state index >= 15 is 0 Å². The maximum absolute atomic E-state index is 12.0. The molecule has 1 aromatic carbocycles. The number of amides is 2. The topological polar surface area (TPSA) is 75.3 Å². The molecule has 2 rings (SSSR count). The van der Waals surface area contributed by atoms with Gasteiger partial charge in [-0.2, -0.15) is 0 Å². The summed E-state index contributed by atoms with van der Waals surface area (Å²) in [6, 6.07) is 8.94. The predicted octanol–water partition coefficient (Wildman–Crippen LogP) is 4.58. The molecule has 26 heavy (non-hydrogen) atoms. The third-order valence-corrected chi connectivity index (χ3v) is 5.34. The highest BCUT2D eigenvalue weighted by atomic mass is 79.9. The van der Waals surface area contributed by atoms with E-state index in [-0.39, 0.29) is 43.4 Å². The Kier molecular flexibility index (Phi) is 7.81. The molecule has 0 saturated carbocycles. The number of carbonyl (C=O) groups excluding carboxylic acids is 3. The van der Waals surface area contributed by atoms with Crippen molar-refractivity contribution in [2.24, 2.45) is 0 Å². The third kappa shape index (κ3) is 6.55. The number of Topliss-reactive ketones (excluding diaryl/α,β-unsaturated/α-hetero) is 1. The minimum absolute atomic E-state index is 0.0840. The summed E-state index contributed by atoms with van der Waals surface area (Å²) >= 11 is 10.4. The number of anilines is 1. The molecule has 0 bridgehead atoms. The molecule has 8 heteroatoms. The molecule has 0 saturated heterocycles. The molecule has 0 unspecified atom stereocenters. The number of rotatable bonds is 8. The van der Waals surface area contributed by atoms with Gasteiger partial charge in [0.05, 0.1) is 9.21 Å². The molecular weight excluding hydrogens is 440 g/mol. The summed E-state index contributed by atoms with van der Waals surface area (Å²) in [6.07, 6.45) is 0.360. The number of benzene rings is 1. The number of carbonyl (C=O) groups is 3. The Morgan fingerprint density at radius 2 is 1.85 bits per heavy atom. The normalized spacial score (nSPS) is 10.4. The van der Waals surface area contributed by atoms with Gasteiger partial charge in [0.15, 0.2) is 5.78 Å². The van der Waals surface area contributed by atoms with Gasteiger partial charge in [0.2, 0.25) is 11.8 Å². The van der Waals surface area contributed by atoms with Gasteiger partial charge in [-0.25, -0.2) is 0 Å². The van der Waals surface area contributed by atoms with Gasteiger partial charge in [-0.05, 0) is 36.8 Å². The summed E-state index contributed by atoms with van der Waals surface area (Å²) in [4.78, 5) is 36.2. The lowest BCUT2D eigenvalue weighted by molar-refractivity contribution is -0.121. The van der Waals surface area contributed by atoms with Crippen LogP contribution < -0.4 is 10.6 Å². The highest BCUT2D eigenvalue weighted by molar-refractivity contribution is 9.10. The van der Waals surface area contributed by atoms with Gasteiger partial charge in [0, 0.05) is 36.0 Å². The zero-order valence-corrected chi connectivity index (χ0v) is 17.3. The summed E-state index contributed by atoms with van der Waals surface area (Å²) in [5.74, 6) is -0.553. The predicted molar refractivity (Wildman–Crippen MR) is 108 cm³/mol. The highest BCUT2D eigenvalue weighted by Gasteiger charge is 2.12. The summed E-state index contributed by atoms with van der Waals surface area (Å²) in [5.41, 5.74) is 1.69. The quantitative estimate of drug-likeness (QED) is 0.570. The molecular formula is C18H18BrClN2O3S. The molecule has 0 spiro atoms. The number of thiophene rings is 1. The van der Waals surface area contributed by atoms with Crippen molar-refractivity contribution >= 4 is 62.2 Å². The molecule has 5 nitrogen and oxygen atoms in total. The number of aryl methyl sites for hydroxylation is 1. The van der Waals surface area contributed by atoms with E-state index in [1.54, 1.807) is 12.1 Å². The standard InChI is InChI=1S/C18H18BrClN2O3S/c1-11-2-3-12(19)10-13(11)22-18(25)8-9-21-17(24)7-4-14(23)15-5-6-16(20)26-15/h2-3,5-6,10H,4,7-9H2,1H3,(H,21,24)(H,22,25). The molecule has 138 valence electrons. The lowest BCUT2D eigenvalue weighted by Crippen LogP contribution is -2.28. The Morgan fingerprint density at radius 1 is 1.08 bits per heavy atom. The zero-order chi connectivity index (χ0) is 19.1. The van der Waals surface area contributed by atoms with E-state index < -0.39 is 0 Å². The van der Waals surface area contributed by atoms with Crippen molar-refractivity contribution < 1.29 is 14.4 Å². The molecule has 0 aliphatic rings. The summed E-state index contributed by atoms with van der Waals surface area (Å²) in [7, 11) is 0. The van der Waals surface area contributed by atoms with E-state index in [2.05, 4.69) is 26.6 Å². The second kappa shape index (κ2) is 9.85. The summed E-state index contributed by atoms with van der Waals surface area (Å²) in [6.45, 7) is 2.12. The molecule has 2 amide bonds. The fourth-order valence-electron chi connectivity index (χ4n) is 2.16. The highest BCUT2D eigenvalue weighted by Crippen LogP contribution is 2.23. The van der Waals surface area contributed by atoms with E-state index in [1.807, 2.05) is 25.1 Å². The van der Waals surface area contributed by atoms with Gasteiger partial charge >= 0.3 is 0 Å². The van der Waals surface area contributed by atoms with Gasteiger partial charge in [0.25, 0.3) is 0 Å². The van der Waals surface area contributed by atoms with Crippen molar-refractivity contribution in [1.82, 2.24) is 5.32 Å². The van der Waals surface area contributed by atoms with Crippen LogP contribution in [0, 0.1) is 6.92 Å². The van der Waals surface area contributed by atoms with Crippen LogP contribution in [0.15, 0.2) is 34.8 Å². The second-order valence-electron chi connectivity index (χ2n) is 5.63. The van der Waals surface area contributed by atoms with Crippen LogP contribution >= 0.6 is 38.9 Å². The Labute approximate surface area is 169 Å². The van der Waals surface area contributed by atoms with Crippen LogP contribution in [0.2, 0.25) is 4.34 Å². The van der Waals surface area contributed by atoms with Crippen LogP contribution in [0.25, 0.3) is 0 Å². The largest absolute Gasteiger partial charge is 0.356 e. The summed E-state index contributed by atoms with van der Waals surface area (Å²) in [5, 5.41) is 5.47. The van der Waals surface area contributed by atoms with Crippen LogP contribution in [0.5, 0.6) is 0 Å². The van der Waals surface area contributed by atoms with Crippen LogP contribution in [0.3, 0.4) is 0 Å². The van der Waals surface area contributed by atoms with E-state index in [4.69, 9.17) is 11.6 Å². The van der Waals surface area contributed by atoms with Crippen molar-refractivity contribution in [2.75, 3.05) is 11.9 Å². The molecule has 0 aliphatic heterocycles. The average molecular weight is 458 g/mol. The monoisotopic (exact) mass is 456 g/mol. The summed E-state index contributed by atoms with van der Waals surface area (Å²) < 4.78 is 1.42. The lowest BCUT2D eigenvalue weighted by Gasteiger charge is -2.09. The zero-order valence-electron chi connectivity index (χ0n) is 14.1. The first-order valence-corrected chi connectivity index (χ1v) is 9.95. The van der Waals surface area contributed by atoms with E-state index in [9.17, 15) is 14.4 Å². The smallest absolute Gasteiger partial charge is 0.226 e. The average Bonchev–Trinajstić information content (AvgIpc) is 3.02. The van der Waals surface area contributed by atoms with Crippen molar-refractivity contribution in [2.45, 2.75) is 26.2 Å². The molecule has 0 atom stereocenters. The van der Waals surface area contributed by atoms with Crippen molar-refractivity contribution in [3.05, 3.63) is 49.6 Å². The number of nitrogens with one attached hydrogen (secondary N) is 2. The minimum Gasteiger partial charge on any atom is -0.356 e. The maximum Gasteiger partial charge on any atom is 0.226 e. The third-order valence-electron chi connectivity index (χ3n) is 3.58. The van der Waals surface area contributed by atoms with Crippen molar-refractivity contribution in [3.8, 4) is 0 Å². The van der Waals surface area contributed by atoms with Crippen molar-refractivity contribution in [1.29, 1.82) is 0 Å². The van der Waals surface area contributed by atoms with Gasteiger partial charge in [-0.3, -0.25) is 14.4 Å². The van der Waals surface area contributed by atoms with E-state index in [0.29, 0.717) is 9.21 Å². The van der Waals surface area contributed by atoms with Crippen LogP contribution in [-0.4, -0.2) is 24.1 Å². The maximum atomic E-state index is 12.0. The van der Waals surface area contributed by atoms with Gasteiger partial charge in [-0.15, -0.1) is 11.3 Å². The van der Waals surface area contributed by atoms with Gasteiger partial charge in [0.1, 0.15) is 0 Å². The molecule has 1 heterocycles. The SMILES string of the molecule is Cc1ccc(Br)cc1NC(=O)CCNC(=O)CCC(=O)c1ccc(Cl)s1. The Bertz CT molecular complexity index is 823. The minimum atomic E-state index is -0.257. The second-order valence-corrected chi connectivity index (χ2v) is 8.27. The van der Waals surface area contributed by atoms with Crippen molar-refractivity contribution in [3.63, 3.8) is 0 Å². The molecule has 2 aromatic rings. The number of hydrogen-bond acceptors (Lipinski definition) is 4. The van der Waals surface area contributed by atoms with E-state index in [0.717, 1.165) is 15.7 Å². The van der Waals surface area contributed by atoms with E-state index in [1.165, 1.54) is 11.3 Å².